The van der Waals surface area contributed by atoms with Gasteiger partial charge in [-0.3, -0.25) is 19.5 Å². The van der Waals surface area contributed by atoms with Gasteiger partial charge in [-0.15, -0.1) is 0 Å². The lowest BCUT2D eigenvalue weighted by Crippen LogP contribution is -2.30. The topological polar surface area (TPSA) is 101 Å². The molecule has 4 rings (SSSR count). The standard InChI is InChI=1S/C25H26N4O3S/c1-18-22(15-16-23(27-18)19-8-4-2-5-9-19)25(30)28-20-11-13-21(14-12-20)33(31,32)29-24-10-6-3-7-17-26-24/h2,4-5,8-9,11-16H,3,6-7,10,17H2,1H3,(H,26,29)(H,28,30). The molecule has 1 aliphatic heterocycles. The number of nitrogens with one attached hydrogen (secondary N) is 2. The lowest BCUT2D eigenvalue weighted by atomic mass is 10.1. The Morgan fingerprint density at radius 2 is 1.67 bits per heavy atom. The molecule has 0 unspecified atom stereocenters. The van der Waals surface area contributed by atoms with Crippen molar-refractivity contribution in [2.75, 3.05) is 11.9 Å². The van der Waals surface area contributed by atoms with E-state index >= 15 is 0 Å². The Morgan fingerprint density at radius 3 is 2.39 bits per heavy atom. The average Bonchev–Trinajstić information content (AvgIpc) is 3.08. The summed E-state index contributed by atoms with van der Waals surface area (Å²) >= 11 is 0. The fourth-order valence-corrected chi connectivity index (χ4v) is 4.75. The lowest BCUT2D eigenvalue weighted by Gasteiger charge is -2.11. The van der Waals surface area contributed by atoms with Crippen LogP contribution in [0.4, 0.5) is 5.69 Å². The Bertz CT molecular complexity index is 1270. The van der Waals surface area contributed by atoms with Gasteiger partial charge >= 0.3 is 0 Å². The summed E-state index contributed by atoms with van der Waals surface area (Å²) in [5.74, 6) is 0.202. The van der Waals surface area contributed by atoms with E-state index in [1.54, 1.807) is 25.1 Å². The number of hydrogen-bond donors (Lipinski definition) is 2. The van der Waals surface area contributed by atoms with Crippen LogP contribution in [-0.2, 0) is 10.0 Å². The second-order valence-electron chi connectivity index (χ2n) is 7.92. The van der Waals surface area contributed by atoms with Crippen LogP contribution in [0.5, 0.6) is 0 Å². The Balaban J connectivity index is 1.44. The predicted molar refractivity (Wildman–Crippen MR) is 130 cm³/mol. The normalized spacial score (nSPS) is 14.2. The van der Waals surface area contributed by atoms with Crippen molar-refractivity contribution in [3.05, 3.63) is 78.0 Å². The highest BCUT2D eigenvalue weighted by Gasteiger charge is 2.18. The molecule has 1 aliphatic rings. The Labute approximate surface area is 194 Å². The monoisotopic (exact) mass is 462 g/mol. The van der Waals surface area contributed by atoms with E-state index in [2.05, 4.69) is 20.0 Å². The molecule has 1 aromatic heterocycles. The number of aryl methyl sites for hydroxylation is 1. The maximum absolute atomic E-state index is 12.8. The number of amides is 1. The zero-order chi connectivity index (χ0) is 23.3. The van der Waals surface area contributed by atoms with Gasteiger partial charge in [-0.2, -0.15) is 0 Å². The van der Waals surface area contributed by atoms with E-state index in [1.165, 1.54) is 12.1 Å². The van der Waals surface area contributed by atoms with Crippen molar-refractivity contribution in [3.63, 3.8) is 0 Å². The third-order valence-electron chi connectivity index (χ3n) is 5.45. The van der Waals surface area contributed by atoms with Crippen molar-refractivity contribution in [2.45, 2.75) is 37.5 Å². The lowest BCUT2D eigenvalue weighted by molar-refractivity contribution is 0.102. The van der Waals surface area contributed by atoms with E-state index in [9.17, 15) is 13.2 Å². The van der Waals surface area contributed by atoms with Crippen LogP contribution in [0.15, 0.2) is 76.6 Å². The van der Waals surface area contributed by atoms with Crippen molar-refractivity contribution in [1.29, 1.82) is 0 Å². The van der Waals surface area contributed by atoms with Gasteiger partial charge in [0.15, 0.2) is 0 Å². The number of carbonyl (C=O) groups is 1. The van der Waals surface area contributed by atoms with Gasteiger partial charge in [0.05, 0.1) is 21.8 Å². The maximum Gasteiger partial charge on any atom is 0.262 e. The van der Waals surface area contributed by atoms with Crippen LogP contribution in [0, 0.1) is 6.92 Å². The molecule has 7 nitrogen and oxygen atoms in total. The molecule has 2 N–H and O–H groups in total. The Kier molecular flexibility index (Phi) is 6.84. The summed E-state index contributed by atoms with van der Waals surface area (Å²) in [5, 5.41) is 2.81. The SMILES string of the molecule is Cc1nc(-c2ccccc2)ccc1C(=O)Nc1ccc(S(=O)(=O)NC2=NCCCCC2)cc1. The smallest absolute Gasteiger partial charge is 0.262 e. The van der Waals surface area contributed by atoms with Gasteiger partial charge in [0.2, 0.25) is 0 Å². The fraction of sp³-hybridized carbons (Fsp3) is 0.240. The molecule has 33 heavy (non-hydrogen) atoms. The summed E-state index contributed by atoms with van der Waals surface area (Å²) in [6.45, 7) is 2.43. The maximum atomic E-state index is 12.8. The zero-order valence-corrected chi connectivity index (χ0v) is 19.2. The number of aromatic nitrogens is 1. The number of sulfonamides is 1. The van der Waals surface area contributed by atoms with E-state index < -0.39 is 10.0 Å². The minimum absolute atomic E-state index is 0.123. The molecule has 0 saturated carbocycles. The molecule has 170 valence electrons. The zero-order valence-electron chi connectivity index (χ0n) is 18.4. The van der Waals surface area contributed by atoms with Crippen molar-refractivity contribution < 1.29 is 13.2 Å². The van der Waals surface area contributed by atoms with Crippen LogP contribution < -0.4 is 10.0 Å². The average molecular weight is 463 g/mol. The molecule has 2 aromatic carbocycles. The summed E-state index contributed by atoms with van der Waals surface area (Å²) < 4.78 is 27.9. The van der Waals surface area contributed by atoms with Crippen LogP contribution in [0.2, 0.25) is 0 Å². The Morgan fingerprint density at radius 1 is 0.909 bits per heavy atom. The molecule has 8 heteroatoms. The number of anilines is 1. The van der Waals surface area contributed by atoms with Crippen molar-refractivity contribution >= 4 is 27.5 Å². The van der Waals surface area contributed by atoms with Gasteiger partial charge in [0.1, 0.15) is 5.84 Å². The second-order valence-corrected chi connectivity index (χ2v) is 9.60. The summed E-state index contributed by atoms with van der Waals surface area (Å²) in [4.78, 5) is 21.8. The number of rotatable bonds is 5. The molecule has 0 aliphatic carbocycles. The first-order valence-electron chi connectivity index (χ1n) is 10.9. The van der Waals surface area contributed by atoms with Crippen LogP contribution in [-0.4, -0.2) is 31.7 Å². The number of pyridine rings is 1. The van der Waals surface area contributed by atoms with Gasteiger partial charge in [0, 0.05) is 24.2 Å². The highest BCUT2D eigenvalue weighted by molar-refractivity contribution is 7.90. The van der Waals surface area contributed by atoms with E-state index in [4.69, 9.17) is 0 Å². The molecule has 0 bridgehead atoms. The highest BCUT2D eigenvalue weighted by Crippen LogP contribution is 2.20. The summed E-state index contributed by atoms with van der Waals surface area (Å²) in [5.41, 5.74) is 3.34. The van der Waals surface area contributed by atoms with Crippen LogP contribution >= 0.6 is 0 Å². The summed E-state index contributed by atoms with van der Waals surface area (Å²) in [6.07, 6.45) is 3.58. The minimum atomic E-state index is -3.71. The van der Waals surface area contributed by atoms with Gasteiger partial charge in [0.25, 0.3) is 15.9 Å². The Hall–Kier alpha value is -3.52. The first kappa shape index (κ1) is 22.7. The summed E-state index contributed by atoms with van der Waals surface area (Å²) in [6, 6.07) is 19.4. The van der Waals surface area contributed by atoms with Gasteiger partial charge in [-0.25, -0.2) is 8.42 Å². The van der Waals surface area contributed by atoms with Crippen LogP contribution in [0.1, 0.15) is 41.7 Å². The third kappa shape index (κ3) is 5.64. The molecule has 0 atom stereocenters. The van der Waals surface area contributed by atoms with Crippen molar-refractivity contribution in [1.82, 2.24) is 9.71 Å². The number of nitrogens with zero attached hydrogens (tertiary/aromatic N) is 2. The van der Waals surface area contributed by atoms with E-state index in [0.29, 0.717) is 35.7 Å². The van der Waals surface area contributed by atoms with E-state index in [1.807, 2.05) is 36.4 Å². The largest absolute Gasteiger partial charge is 0.322 e. The molecular formula is C25H26N4O3S. The fourth-order valence-electron chi connectivity index (χ4n) is 3.66. The number of carbonyl (C=O) groups excluding carboxylic acids is 1. The summed E-state index contributed by atoms with van der Waals surface area (Å²) in [7, 11) is -3.71. The van der Waals surface area contributed by atoms with E-state index in [0.717, 1.165) is 30.5 Å². The third-order valence-corrected chi connectivity index (χ3v) is 6.85. The molecular weight excluding hydrogens is 436 g/mol. The van der Waals surface area contributed by atoms with Gasteiger partial charge in [-0.05, 0) is 56.2 Å². The first-order chi connectivity index (χ1) is 15.9. The molecule has 0 saturated heterocycles. The quantitative estimate of drug-likeness (QED) is 0.580. The molecule has 1 amide bonds. The molecule has 0 radical (unpaired) electrons. The highest BCUT2D eigenvalue weighted by atomic mass is 32.2. The van der Waals surface area contributed by atoms with Crippen molar-refractivity contribution in [3.8, 4) is 11.3 Å². The van der Waals surface area contributed by atoms with Gasteiger partial charge in [-0.1, -0.05) is 36.8 Å². The molecule has 0 spiro atoms. The number of amidine groups is 1. The number of benzene rings is 2. The molecule has 0 fully saturated rings. The predicted octanol–water partition coefficient (Wildman–Crippen LogP) is 4.56. The first-order valence-corrected chi connectivity index (χ1v) is 12.4. The van der Waals surface area contributed by atoms with E-state index in [-0.39, 0.29) is 10.8 Å². The van der Waals surface area contributed by atoms with Crippen LogP contribution in [0.3, 0.4) is 0 Å². The number of hydrogen-bond acceptors (Lipinski definition) is 5. The molecule has 2 heterocycles. The second kappa shape index (κ2) is 9.95. The minimum Gasteiger partial charge on any atom is -0.322 e. The molecule has 3 aromatic rings. The number of aliphatic imine (C=N–C) groups is 1. The van der Waals surface area contributed by atoms with Gasteiger partial charge < -0.3 is 5.32 Å². The van der Waals surface area contributed by atoms with Crippen LogP contribution in [0.25, 0.3) is 11.3 Å². The van der Waals surface area contributed by atoms with Crippen molar-refractivity contribution in [2.24, 2.45) is 4.99 Å².